The van der Waals surface area contributed by atoms with Gasteiger partial charge in [-0.3, -0.25) is 14.5 Å². The van der Waals surface area contributed by atoms with Crippen molar-refractivity contribution in [2.45, 2.75) is 0 Å². The van der Waals surface area contributed by atoms with E-state index in [4.69, 9.17) is 26.8 Å². The quantitative estimate of drug-likeness (QED) is 0.320. The first-order valence-electron chi connectivity index (χ1n) is 7.80. The van der Waals surface area contributed by atoms with Gasteiger partial charge in [0, 0.05) is 0 Å². The minimum atomic E-state index is -1.14. The third-order valence-electron chi connectivity index (χ3n) is 3.58. The Bertz CT molecular complexity index is 983. The summed E-state index contributed by atoms with van der Waals surface area (Å²) in [6, 6.07) is 8.24. The minimum absolute atomic E-state index is 0.187. The molecule has 144 valence electrons. The van der Waals surface area contributed by atoms with E-state index in [2.05, 4.69) is 0 Å². The van der Waals surface area contributed by atoms with Crippen LogP contribution in [0.25, 0.3) is 6.08 Å². The van der Waals surface area contributed by atoms with Crippen LogP contribution < -0.4 is 9.47 Å². The number of benzene rings is 1. The number of amides is 1. The highest BCUT2D eigenvalue weighted by Gasteiger charge is 2.33. The molecule has 2 heterocycles. The van der Waals surface area contributed by atoms with E-state index in [1.54, 1.807) is 41.8 Å². The largest absolute Gasteiger partial charge is 0.493 e. The van der Waals surface area contributed by atoms with Crippen LogP contribution in [0.3, 0.4) is 0 Å². The maximum absolute atomic E-state index is 12.3. The number of carboxylic acids is 1. The Hall–Kier alpha value is -2.69. The van der Waals surface area contributed by atoms with Gasteiger partial charge in [-0.15, -0.1) is 11.3 Å². The van der Waals surface area contributed by atoms with Gasteiger partial charge in [0.05, 0.1) is 12.0 Å². The number of esters is 1. The van der Waals surface area contributed by atoms with Crippen LogP contribution in [0.5, 0.6) is 11.5 Å². The standard InChI is InChI=1S/C18H13NO6S3/c1-24-12-7-10(4-5-11(12)25-17(23)13-3-2-6-27-13)8-14-16(22)19(9-15(20)21)18(26)28-14/h2-8H,9H2,1H3,(H,20,21). The number of rotatable bonds is 6. The molecular weight excluding hydrogens is 422 g/mol. The van der Waals surface area contributed by atoms with Gasteiger partial charge in [0.15, 0.2) is 11.5 Å². The summed E-state index contributed by atoms with van der Waals surface area (Å²) in [6.07, 6.45) is 1.58. The maximum atomic E-state index is 12.3. The van der Waals surface area contributed by atoms with Crippen molar-refractivity contribution in [2.75, 3.05) is 13.7 Å². The average molecular weight is 436 g/mol. The van der Waals surface area contributed by atoms with Gasteiger partial charge in [-0.2, -0.15) is 0 Å². The summed E-state index contributed by atoms with van der Waals surface area (Å²) in [4.78, 5) is 37.1. The highest BCUT2D eigenvalue weighted by atomic mass is 32.2. The van der Waals surface area contributed by atoms with E-state index in [-0.39, 0.29) is 10.1 Å². The number of carbonyl (C=O) groups is 3. The molecule has 0 unspecified atom stereocenters. The Morgan fingerprint density at radius 1 is 1.29 bits per heavy atom. The minimum Gasteiger partial charge on any atom is -0.493 e. The van der Waals surface area contributed by atoms with Crippen LogP contribution >= 0.6 is 35.3 Å². The SMILES string of the molecule is COc1cc(C=C2SC(=S)N(CC(=O)O)C2=O)ccc1OC(=O)c1cccs1. The number of hydrogen-bond donors (Lipinski definition) is 1. The maximum Gasteiger partial charge on any atom is 0.353 e. The summed E-state index contributed by atoms with van der Waals surface area (Å²) in [6.45, 7) is -0.483. The first kappa shape index (κ1) is 20.1. The molecule has 0 bridgehead atoms. The molecule has 0 atom stereocenters. The Morgan fingerprint density at radius 3 is 2.71 bits per heavy atom. The van der Waals surface area contributed by atoms with Crippen LogP contribution in [0.15, 0.2) is 40.6 Å². The fourth-order valence-corrected chi connectivity index (χ4v) is 4.18. The number of ether oxygens (including phenoxy) is 2. The fraction of sp³-hybridized carbons (Fsp3) is 0.111. The van der Waals surface area contributed by atoms with Crippen LogP contribution in [0.4, 0.5) is 0 Å². The molecule has 0 spiro atoms. The van der Waals surface area contributed by atoms with Gasteiger partial charge in [-0.1, -0.05) is 36.1 Å². The molecule has 1 aromatic carbocycles. The Labute approximate surface area is 173 Å². The Balaban J connectivity index is 1.81. The number of aliphatic carboxylic acids is 1. The molecule has 1 saturated heterocycles. The first-order valence-corrected chi connectivity index (χ1v) is 9.90. The number of carbonyl (C=O) groups excluding carboxylic acids is 2. The van der Waals surface area contributed by atoms with Gasteiger partial charge < -0.3 is 14.6 Å². The van der Waals surface area contributed by atoms with Gasteiger partial charge >= 0.3 is 11.9 Å². The molecule has 1 fully saturated rings. The lowest BCUT2D eigenvalue weighted by Gasteiger charge is -2.10. The van der Waals surface area contributed by atoms with Crippen LogP contribution in [0, 0.1) is 0 Å². The normalized spacial score (nSPS) is 15.2. The Morgan fingerprint density at radius 2 is 2.07 bits per heavy atom. The van der Waals surface area contributed by atoms with Crippen molar-refractivity contribution in [3.8, 4) is 11.5 Å². The van der Waals surface area contributed by atoms with Crippen molar-refractivity contribution in [3.63, 3.8) is 0 Å². The van der Waals surface area contributed by atoms with Crippen molar-refractivity contribution >= 4 is 63.6 Å². The molecule has 3 rings (SSSR count). The molecule has 1 aliphatic rings. The molecule has 7 nitrogen and oxygen atoms in total. The summed E-state index contributed by atoms with van der Waals surface area (Å²) in [7, 11) is 1.44. The van der Waals surface area contributed by atoms with E-state index in [0.29, 0.717) is 21.1 Å². The van der Waals surface area contributed by atoms with E-state index < -0.39 is 24.4 Å². The summed E-state index contributed by atoms with van der Waals surface area (Å²) < 4.78 is 10.8. The fourth-order valence-electron chi connectivity index (χ4n) is 2.33. The number of nitrogens with zero attached hydrogens (tertiary/aromatic N) is 1. The Kier molecular flexibility index (Phi) is 6.12. The molecular formula is C18H13NO6S3. The molecule has 1 aliphatic heterocycles. The van der Waals surface area contributed by atoms with Gasteiger partial charge in [-0.05, 0) is 35.2 Å². The van der Waals surface area contributed by atoms with Gasteiger partial charge in [0.2, 0.25) is 0 Å². The predicted molar refractivity (Wildman–Crippen MR) is 110 cm³/mol. The zero-order valence-corrected chi connectivity index (χ0v) is 16.9. The molecule has 0 radical (unpaired) electrons. The number of carboxylic acid groups (broad SMARTS) is 1. The van der Waals surface area contributed by atoms with Gasteiger partial charge in [0.25, 0.3) is 5.91 Å². The molecule has 1 N–H and O–H groups in total. The summed E-state index contributed by atoms with van der Waals surface area (Å²) >= 11 is 7.36. The highest BCUT2D eigenvalue weighted by Crippen LogP contribution is 2.35. The van der Waals surface area contributed by atoms with E-state index in [9.17, 15) is 14.4 Å². The van der Waals surface area contributed by atoms with E-state index >= 15 is 0 Å². The van der Waals surface area contributed by atoms with Crippen LogP contribution in [0.1, 0.15) is 15.2 Å². The average Bonchev–Trinajstić information content (AvgIpc) is 3.28. The topological polar surface area (TPSA) is 93.1 Å². The summed E-state index contributed by atoms with van der Waals surface area (Å²) in [5.41, 5.74) is 0.614. The third-order valence-corrected chi connectivity index (χ3v) is 5.81. The smallest absolute Gasteiger partial charge is 0.353 e. The second-order valence-electron chi connectivity index (χ2n) is 5.44. The van der Waals surface area contributed by atoms with Crippen molar-refractivity contribution in [1.29, 1.82) is 0 Å². The van der Waals surface area contributed by atoms with Crippen LogP contribution in [0.2, 0.25) is 0 Å². The van der Waals surface area contributed by atoms with Crippen molar-refractivity contribution in [1.82, 2.24) is 4.90 Å². The zero-order valence-electron chi connectivity index (χ0n) is 14.4. The van der Waals surface area contributed by atoms with Gasteiger partial charge in [0.1, 0.15) is 15.7 Å². The zero-order chi connectivity index (χ0) is 20.3. The molecule has 2 aromatic rings. The number of hydrogen-bond acceptors (Lipinski definition) is 8. The number of thioether (sulfide) groups is 1. The number of thiocarbonyl (C=S) groups is 1. The lowest BCUT2D eigenvalue weighted by molar-refractivity contribution is -0.140. The molecule has 0 aliphatic carbocycles. The molecule has 1 amide bonds. The molecule has 10 heteroatoms. The molecule has 0 saturated carbocycles. The third kappa shape index (κ3) is 4.41. The van der Waals surface area contributed by atoms with Crippen molar-refractivity contribution < 1.29 is 29.0 Å². The lowest BCUT2D eigenvalue weighted by atomic mass is 10.2. The van der Waals surface area contributed by atoms with Crippen molar-refractivity contribution in [3.05, 3.63) is 51.1 Å². The predicted octanol–water partition coefficient (Wildman–Crippen LogP) is 3.26. The monoisotopic (exact) mass is 435 g/mol. The second-order valence-corrected chi connectivity index (χ2v) is 8.06. The van der Waals surface area contributed by atoms with Crippen LogP contribution in [-0.2, 0) is 9.59 Å². The first-order chi connectivity index (χ1) is 13.4. The summed E-state index contributed by atoms with van der Waals surface area (Å²) in [5, 5.41) is 10.7. The van der Waals surface area contributed by atoms with E-state index in [0.717, 1.165) is 16.7 Å². The van der Waals surface area contributed by atoms with E-state index in [1.807, 2.05) is 0 Å². The van der Waals surface area contributed by atoms with Crippen molar-refractivity contribution in [2.24, 2.45) is 0 Å². The second kappa shape index (κ2) is 8.55. The molecule has 1 aromatic heterocycles. The van der Waals surface area contributed by atoms with E-state index in [1.165, 1.54) is 18.4 Å². The lowest BCUT2D eigenvalue weighted by Crippen LogP contribution is -2.33. The molecule has 28 heavy (non-hydrogen) atoms. The number of thiophene rings is 1. The van der Waals surface area contributed by atoms with Gasteiger partial charge in [-0.25, -0.2) is 4.79 Å². The summed E-state index contributed by atoms with van der Waals surface area (Å²) in [5.74, 6) is -1.53. The number of methoxy groups -OCH3 is 1. The highest BCUT2D eigenvalue weighted by molar-refractivity contribution is 8.26. The van der Waals surface area contributed by atoms with Crippen LogP contribution in [-0.4, -0.2) is 45.8 Å².